The van der Waals surface area contributed by atoms with E-state index in [2.05, 4.69) is 43.8 Å². The summed E-state index contributed by atoms with van der Waals surface area (Å²) >= 11 is 0. The third-order valence-electron chi connectivity index (χ3n) is 5.18. The molecule has 1 aromatic carbocycles. The Morgan fingerprint density at radius 1 is 1.17 bits per heavy atom. The number of aryl methyl sites for hydroxylation is 1. The molecule has 0 bridgehead atoms. The molecule has 1 aliphatic rings. The zero-order chi connectivity index (χ0) is 21.2. The van der Waals surface area contributed by atoms with Gasteiger partial charge in [-0.1, -0.05) is 18.6 Å². The molecule has 0 spiro atoms. The van der Waals surface area contributed by atoms with Crippen LogP contribution in [0, 0.1) is 0 Å². The predicted molar refractivity (Wildman–Crippen MR) is 119 cm³/mol. The number of amides is 1. The van der Waals surface area contributed by atoms with Crippen molar-refractivity contribution in [2.24, 2.45) is 7.05 Å². The summed E-state index contributed by atoms with van der Waals surface area (Å²) in [6.45, 7) is 6.41. The molecule has 8 heteroatoms. The number of hydrogen-bond donors (Lipinski definition) is 2. The third-order valence-corrected chi connectivity index (χ3v) is 5.18. The Morgan fingerprint density at radius 2 is 2.00 bits per heavy atom. The molecule has 2 aromatic rings. The Hall–Kier alpha value is -2.61. The number of piperidine rings is 1. The SMILES string of the molecule is CC(=O)Nc1nc(NCCCCCOc2cccc(CN3CCCCC3)c2)n(C)n1. The van der Waals surface area contributed by atoms with Crippen LogP contribution in [0.2, 0.25) is 0 Å². The van der Waals surface area contributed by atoms with Gasteiger partial charge < -0.3 is 10.1 Å². The number of nitrogens with one attached hydrogen (secondary N) is 2. The van der Waals surface area contributed by atoms with Crippen molar-refractivity contribution < 1.29 is 9.53 Å². The second-order valence-electron chi connectivity index (χ2n) is 7.88. The van der Waals surface area contributed by atoms with Crippen molar-refractivity contribution >= 4 is 17.8 Å². The summed E-state index contributed by atoms with van der Waals surface area (Å²) in [6, 6.07) is 8.50. The molecular weight excluding hydrogens is 380 g/mol. The average Bonchev–Trinajstić information content (AvgIpc) is 3.06. The van der Waals surface area contributed by atoms with Gasteiger partial charge in [0.1, 0.15) is 5.75 Å². The minimum absolute atomic E-state index is 0.177. The van der Waals surface area contributed by atoms with E-state index in [1.54, 1.807) is 11.7 Å². The summed E-state index contributed by atoms with van der Waals surface area (Å²) in [5.74, 6) is 1.76. The Kier molecular flexibility index (Phi) is 8.50. The van der Waals surface area contributed by atoms with Crippen LogP contribution >= 0.6 is 0 Å². The van der Waals surface area contributed by atoms with Crippen molar-refractivity contribution in [3.8, 4) is 5.75 Å². The van der Waals surface area contributed by atoms with E-state index < -0.39 is 0 Å². The molecule has 0 radical (unpaired) electrons. The Bertz CT molecular complexity index is 801. The van der Waals surface area contributed by atoms with E-state index in [1.807, 2.05) is 6.07 Å². The van der Waals surface area contributed by atoms with Gasteiger partial charge in [-0.3, -0.25) is 15.0 Å². The Labute approximate surface area is 179 Å². The minimum atomic E-state index is -0.177. The van der Waals surface area contributed by atoms with E-state index in [4.69, 9.17) is 4.74 Å². The van der Waals surface area contributed by atoms with Gasteiger partial charge in [-0.25, -0.2) is 4.68 Å². The van der Waals surface area contributed by atoms with Gasteiger partial charge in [0.2, 0.25) is 11.9 Å². The van der Waals surface area contributed by atoms with E-state index in [0.29, 0.717) is 11.9 Å². The fourth-order valence-electron chi connectivity index (χ4n) is 3.65. The standard InChI is InChI=1S/C22H34N6O2/c1-18(29)24-21-25-22(27(2)26-21)23-12-5-3-8-15-30-20-11-9-10-19(16-20)17-28-13-6-4-7-14-28/h9-11,16H,3-8,12-15,17H2,1-2H3,(H2,23,24,25,26,29). The third kappa shape index (κ3) is 7.33. The molecule has 30 heavy (non-hydrogen) atoms. The second kappa shape index (κ2) is 11.5. The van der Waals surface area contributed by atoms with E-state index in [9.17, 15) is 4.79 Å². The van der Waals surface area contributed by atoms with Crippen molar-refractivity contribution in [2.45, 2.75) is 52.0 Å². The summed E-state index contributed by atoms with van der Waals surface area (Å²) in [4.78, 5) is 17.9. The highest BCUT2D eigenvalue weighted by molar-refractivity contribution is 5.86. The first-order valence-electron chi connectivity index (χ1n) is 11.0. The maximum Gasteiger partial charge on any atom is 0.250 e. The van der Waals surface area contributed by atoms with Crippen LogP contribution in [0.4, 0.5) is 11.9 Å². The predicted octanol–water partition coefficient (Wildman–Crippen LogP) is 3.42. The number of aromatic nitrogens is 3. The highest BCUT2D eigenvalue weighted by atomic mass is 16.5. The molecular formula is C22H34N6O2. The summed E-state index contributed by atoms with van der Waals surface area (Å²) in [7, 11) is 1.80. The van der Waals surface area contributed by atoms with Crippen molar-refractivity contribution in [1.82, 2.24) is 19.7 Å². The molecule has 0 saturated carbocycles. The largest absolute Gasteiger partial charge is 0.494 e. The summed E-state index contributed by atoms with van der Waals surface area (Å²) in [6.07, 6.45) is 7.09. The lowest BCUT2D eigenvalue weighted by atomic mass is 10.1. The molecule has 0 aliphatic carbocycles. The summed E-state index contributed by atoms with van der Waals surface area (Å²) in [5.41, 5.74) is 1.33. The molecule has 0 atom stereocenters. The number of ether oxygens (including phenoxy) is 1. The molecule has 1 aliphatic heterocycles. The lowest BCUT2D eigenvalue weighted by molar-refractivity contribution is -0.114. The van der Waals surface area contributed by atoms with E-state index in [1.165, 1.54) is 44.8 Å². The second-order valence-corrected chi connectivity index (χ2v) is 7.88. The van der Waals surface area contributed by atoms with E-state index in [-0.39, 0.29) is 5.91 Å². The molecule has 2 N–H and O–H groups in total. The lowest BCUT2D eigenvalue weighted by Gasteiger charge is -2.26. The van der Waals surface area contributed by atoms with Crippen LogP contribution in [0.3, 0.4) is 0 Å². The smallest absolute Gasteiger partial charge is 0.250 e. The Balaban J connectivity index is 1.29. The van der Waals surface area contributed by atoms with E-state index >= 15 is 0 Å². The number of rotatable bonds is 11. The number of anilines is 2. The number of benzene rings is 1. The Morgan fingerprint density at radius 3 is 2.80 bits per heavy atom. The maximum absolute atomic E-state index is 11.1. The van der Waals surface area contributed by atoms with Crippen LogP contribution in [0.1, 0.15) is 51.0 Å². The minimum Gasteiger partial charge on any atom is -0.494 e. The van der Waals surface area contributed by atoms with E-state index in [0.717, 1.165) is 44.7 Å². The van der Waals surface area contributed by atoms with Crippen LogP contribution in [-0.2, 0) is 18.4 Å². The van der Waals surface area contributed by atoms with Gasteiger partial charge in [-0.2, -0.15) is 4.98 Å². The van der Waals surface area contributed by atoms with Crippen LogP contribution in [-0.4, -0.2) is 51.8 Å². The number of unbranched alkanes of at least 4 members (excludes halogenated alkanes) is 2. The fourth-order valence-corrected chi connectivity index (χ4v) is 3.65. The molecule has 2 heterocycles. The van der Waals surface area contributed by atoms with Crippen LogP contribution in [0.25, 0.3) is 0 Å². The number of likely N-dealkylation sites (tertiary alicyclic amines) is 1. The van der Waals surface area contributed by atoms with Gasteiger partial charge in [-0.05, 0) is 62.9 Å². The lowest BCUT2D eigenvalue weighted by Crippen LogP contribution is -2.29. The van der Waals surface area contributed by atoms with Crippen molar-refractivity contribution in [2.75, 3.05) is 36.9 Å². The number of carbonyl (C=O) groups is 1. The quantitative estimate of drug-likeness (QED) is 0.548. The van der Waals surface area contributed by atoms with Gasteiger partial charge >= 0.3 is 0 Å². The topological polar surface area (TPSA) is 84.3 Å². The first kappa shape index (κ1) is 22.1. The van der Waals surface area contributed by atoms with Crippen molar-refractivity contribution in [1.29, 1.82) is 0 Å². The number of carbonyl (C=O) groups excluding carboxylic acids is 1. The van der Waals surface area contributed by atoms with Gasteiger partial charge in [0.25, 0.3) is 5.95 Å². The van der Waals surface area contributed by atoms with Crippen LogP contribution in [0.15, 0.2) is 24.3 Å². The number of nitrogens with zero attached hydrogens (tertiary/aromatic N) is 4. The van der Waals surface area contributed by atoms with Gasteiger partial charge in [0.05, 0.1) is 6.61 Å². The van der Waals surface area contributed by atoms with Gasteiger partial charge in [0.15, 0.2) is 0 Å². The first-order chi connectivity index (χ1) is 14.6. The zero-order valence-corrected chi connectivity index (χ0v) is 18.2. The highest BCUT2D eigenvalue weighted by Crippen LogP contribution is 2.18. The molecule has 1 saturated heterocycles. The fraction of sp³-hybridized carbons (Fsp3) is 0.591. The summed E-state index contributed by atoms with van der Waals surface area (Å²) in [5, 5.41) is 9.98. The maximum atomic E-state index is 11.1. The van der Waals surface area contributed by atoms with Gasteiger partial charge in [0, 0.05) is 27.1 Å². The number of hydrogen-bond acceptors (Lipinski definition) is 6. The molecule has 3 rings (SSSR count). The molecule has 0 unspecified atom stereocenters. The average molecular weight is 415 g/mol. The van der Waals surface area contributed by atoms with Crippen molar-refractivity contribution in [3.05, 3.63) is 29.8 Å². The first-order valence-corrected chi connectivity index (χ1v) is 11.0. The molecule has 8 nitrogen and oxygen atoms in total. The molecule has 1 fully saturated rings. The van der Waals surface area contributed by atoms with Crippen molar-refractivity contribution in [3.63, 3.8) is 0 Å². The highest BCUT2D eigenvalue weighted by Gasteiger charge is 2.11. The zero-order valence-electron chi connectivity index (χ0n) is 18.2. The summed E-state index contributed by atoms with van der Waals surface area (Å²) < 4.78 is 7.58. The monoisotopic (exact) mass is 414 g/mol. The van der Waals surface area contributed by atoms with Gasteiger partial charge in [-0.15, -0.1) is 5.10 Å². The molecule has 1 aromatic heterocycles. The molecule has 164 valence electrons. The van der Waals surface area contributed by atoms with Crippen LogP contribution < -0.4 is 15.4 Å². The van der Waals surface area contributed by atoms with Crippen LogP contribution in [0.5, 0.6) is 5.75 Å². The normalized spacial score (nSPS) is 14.5. The molecule has 1 amide bonds.